The Hall–Kier alpha value is -1.28. The third-order valence-corrected chi connectivity index (χ3v) is 6.64. The van der Waals surface area contributed by atoms with Crippen LogP contribution in [0.15, 0.2) is 0 Å². The molecule has 6 nitrogen and oxygen atoms in total. The van der Waals surface area contributed by atoms with Gasteiger partial charge in [0, 0.05) is 37.6 Å². The van der Waals surface area contributed by atoms with Gasteiger partial charge in [0.2, 0.25) is 0 Å². The molecule has 0 N–H and O–H groups in total. The van der Waals surface area contributed by atoms with Crippen LogP contribution in [0, 0.1) is 13.8 Å². The van der Waals surface area contributed by atoms with Gasteiger partial charge in [-0.3, -0.25) is 4.90 Å². The molecular weight excluding hydrogens is 346 g/mol. The summed E-state index contributed by atoms with van der Waals surface area (Å²) in [4.78, 5) is 19.8. The van der Waals surface area contributed by atoms with E-state index in [0.29, 0.717) is 0 Å². The summed E-state index contributed by atoms with van der Waals surface area (Å²) < 4.78 is 5.48. The van der Waals surface area contributed by atoms with Crippen LogP contribution in [-0.2, 0) is 11.3 Å². The van der Waals surface area contributed by atoms with Gasteiger partial charge in [-0.25, -0.2) is 9.97 Å². The van der Waals surface area contributed by atoms with Crippen LogP contribution in [0.25, 0.3) is 10.2 Å². The lowest BCUT2D eigenvalue weighted by atomic mass is 10.2. The van der Waals surface area contributed by atoms with E-state index in [4.69, 9.17) is 14.7 Å². The third kappa shape index (κ3) is 3.71. The standard InChI is InChI=1S/C19H29N5OS/c1-14-15(2)26-19-17(14)18(24-6-4-5-22(3)7-8-24)20-16(21-19)13-23-9-11-25-12-10-23/h4-13H2,1-3H3. The molecule has 2 aliphatic heterocycles. The molecule has 4 heterocycles. The molecule has 4 rings (SSSR count). The fraction of sp³-hybridized carbons (Fsp3) is 0.684. The van der Waals surface area contributed by atoms with Gasteiger partial charge >= 0.3 is 0 Å². The monoisotopic (exact) mass is 375 g/mol. The summed E-state index contributed by atoms with van der Waals surface area (Å²) in [5.74, 6) is 2.10. The van der Waals surface area contributed by atoms with Crippen LogP contribution in [0.3, 0.4) is 0 Å². The Morgan fingerprint density at radius 3 is 2.62 bits per heavy atom. The fourth-order valence-corrected chi connectivity index (χ4v) is 4.83. The maximum absolute atomic E-state index is 5.48. The summed E-state index contributed by atoms with van der Waals surface area (Å²) in [6.45, 7) is 13.1. The minimum atomic E-state index is 0.810. The van der Waals surface area contributed by atoms with Crippen molar-refractivity contribution in [3.63, 3.8) is 0 Å². The van der Waals surface area contributed by atoms with Crippen LogP contribution in [0.5, 0.6) is 0 Å². The van der Waals surface area contributed by atoms with Gasteiger partial charge in [0.25, 0.3) is 0 Å². The van der Waals surface area contributed by atoms with Crippen LogP contribution in [0.1, 0.15) is 22.7 Å². The molecule has 0 aliphatic carbocycles. The van der Waals surface area contributed by atoms with Gasteiger partial charge in [-0.2, -0.15) is 0 Å². The zero-order chi connectivity index (χ0) is 18.1. The number of thiophene rings is 1. The molecule has 2 aliphatic rings. The lowest BCUT2D eigenvalue weighted by Crippen LogP contribution is -2.36. The van der Waals surface area contributed by atoms with Gasteiger partial charge in [0.05, 0.1) is 25.1 Å². The van der Waals surface area contributed by atoms with Crippen LogP contribution >= 0.6 is 11.3 Å². The summed E-state index contributed by atoms with van der Waals surface area (Å²) in [5, 5.41) is 1.27. The smallest absolute Gasteiger partial charge is 0.146 e. The third-order valence-electron chi connectivity index (χ3n) is 5.54. The second-order valence-corrected chi connectivity index (χ2v) is 8.66. The van der Waals surface area contributed by atoms with Crippen molar-refractivity contribution in [2.24, 2.45) is 0 Å². The van der Waals surface area contributed by atoms with Gasteiger partial charge in [0.1, 0.15) is 16.5 Å². The summed E-state index contributed by atoms with van der Waals surface area (Å²) in [6, 6.07) is 0. The normalized spacial score (nSPS) is 20.7. The van der Waals surface area contributed by atoms with Crippen molar-refractivity contribution < 1.29 is 4.74 Å². The first-order valence-corrected chi connectivity index (χ1v) is 10.4. The first-order chi connectivity index (χ1) is 12.6. The van der Waals surface area contributed by atoms with Crippen molar-refractivity contribution >= 4 is 27.4 Å². The molecule has 142 valence electrons. The van der Waals surface area contributed by atoms with Crippen molar-refractivity contribution in [3.8, 4) is 0 Å². The SMILES string of the molecule is Cc1sc2nc(CN3CCOCC3)nc(N3CCCN(C)CC3)c2c1C. The van der Waals surface area contributed by atoms with E-state index >= 15 is 0 Å². The van der Waals surface area contributed by atoms with E-state index < -0.39 is 0 Å². The zero-order valence-electron chi connectivity index (χ0n) is 16.1. The Morgan fingerprint density at radius 1 is 1.00 bits per heavy atom. The molecule has 0 saturated carbocycles. The number of anilines is 1. The Bertz CT molecular complexity index is 771. The van der Waals surface area contributed by atoms with Crippen LogP contribution < -0.4 is 4.90 Å². The van der Waals surface area contributed by atoms with E-state index in [-0.39, 0.29) is 0 Å². The molecule has 0 unspecified atom stereocenters. The topological polar surface area (TPSA) is 44.7 Å². The van der Waals surface area contributed by atoms with Gasteiger partial charge in [0.15, 0.2) is 0 Å². The first-order valence-electron chi connectivity index (χ1n) is 9.62. The number of ether oxygens (including phenoxy) is 1. The molecule has 0 spiro atoms. The van der Waals surface area contributed by atoms with Crippen LogP contribution in [0.4, 0.5) is 5.82 Å². The highest BCUT2D eigenvalue weighted by atomic mass is 32.1. The van der Waals surface area contributed by atoms with Crippen molar-refractivity contribution in [2.45, 2.75) is 26.8 Å². The quantitative estimate of drug-likeness (QED) is 0.820. The minimum Gasteiger partial charge on any atom is -0.379 e. The van der Waals surface area contributed by atoms with Gasteiger partial charge in [-0.15, -0.1) is 11.3 Å². The van der Waals surface area contributed by atoms with Crippen LogP contribution in [0.2, 0.25) is 0 Å². The molecule has 0 radical (unpaired) electrons. The second-order valence-electron chi connectivity index (χ2n) is 7.46. The molecule has 2 saturated heterocycles. The number of fused-ring (bicyclic) bond motifs is 1. The number of rotatable bonds is 3. The fourth-order valence-electron chi connectivity index (χ4n) is 3.79. The van der Waals surface area contributed by atoms with Crippen molar-refractivity contribution in [3.05, 3.63) is 16.3 Å². The summed E-state index contributed by atoms with van der Waals surface area (Å²) in [5.41, 5.74) is 1.34. The molecule has 2 aromatic heterocycles. The number of aromatic nitrogens is 2. The highest BCUT2D eigenvalue weighted by Gasteiger charge is 2.22. The number of nitrogens with zero attached hydrogens (tertiary/aromatic N) is 5. The Balaban J connectivity index is 1.70. The number of likely N-dealkylation sites (N-methyl/N-ethyl adjacent to an activating group) is 1. The maximum atomic E-state index is 5.48. The number of hydrogen-bond donors (Lipinski definition) is 0. The molecular formula is C19H29N5OS. The second kappa shape index (κ2) is 7.76. The number of hydrogen-bond acceptors (Lipinski definition) is 7. The van der Waals surface area contributed by atoms with Gasteiger partial charge < -0.3 is 14.5 Å². The van der Waals surface area contributed by atoms with E-state index in [2.05, 4.69) is 35.6 Å². The van der Waals surface area contributed by atoms with E-state index in [9.17, 15) is 0 Å². The van der Waals surface area contributed by atoms with E-state index in [1.165, 1.54) is 22.2 Å². The Kier molecular flexibility index (Phi) is 5.40. The van der Waals surface area contributed by atoms with E-state index in [1.807, 2.05) is 11.3 Å². The summed E-state index contributed by atoms with van der Waals surface area (Å²) in [7, 11) is 2.21. The molecule has 0 aromatic carbocycles. The average molecular weight is 376 g/mol. The highest BCUT2D eigenvalue weighted by Crippen LogP contribution is 2.35. The first kappa shape index (κ1) is 18.1. The largest absolute Gasteiger partial charge is 0.379 e. The average Bonchev–Trinajstić information content (AvgIpc) is 2.80. The van der Waals surface area contributed by atoms with E-state index in [0.717, 1.165) is 75.5 Å². The highest BCUT2D eigenvalue weighted by molar-refractivity contribution is 7.18. The molecule has 0 bridgehead atoms. The van der Waals surface area contributed by atoms with Gasteiger partial charge in [-0.05, 0) is 39.4 Å². The zero-order valence-corrected chi connectivity index (χ0v) is 16.9. The maximum Gasteiger partial charge on any atom is 0.146 e. The van der Waals surface area contributed by atoms with Crippen molar-refractivity contribution in [1.82, 2.24) is 19.8 Å². The summed E-state index contributed by atoms with van der Waals surface area (Å²) in [6.07, 6.45) is 1.18. The lowest BCUT2D eigenvalue weighted by molar-refractivity contribution is 0.0331. The number of morpholine rings is 1. The lowest BCUT2D eigenvalue weighted by Gasteiger charge is -2.27. The Morgan fingerprint density at radius 2 is 1.81 bits per heavy atom. The number of aryl methyl sites for hydroxylation is 2. The molecule has 2 aromatic rings. The minimum absolute atomic E-state index is 0.810. The predicted octanol–water partition coefficient (Wildman–Crippen LogP) is 2.28. The predicted molar refractivity (Wildman–Crippen MR) is 107 cm³/mol. The molecule has 26 heavy (non-hydrogen) atoms. The van der Waals surface area contributed by atoms with E-state index in [1.54, 1.807) is 0 Å². The molecule has 7 heteroatoms. The van der Waals surface area contributed by atoms with Crippen molar-refractivity contribution in [2.75, 3.05) is 64.4 Å². The molecule has 0 amide bonds. The van der Waals surface area contributed by atoms with Crippen molar-refractivity contribution in [1.29, 1.82) is 0 Å². The summed E-state index contributed by atoms with van der Waals surface area (Å²) >= 11 is 1.81. The van der Waals surface area contributed by atoms with Crippen LogP contribution in [-0.4, -0.2) is 79.3 Å². The molecule has 2 fully saturated rings. The molecule has 0 atom stereocenters. The Labute approximate surface area is 159 Å². The van der Waals surface area contributed by atoms with Gasteiger partial charge in [-0.1, -0.05) is 0 Å².